The van der Waals surface area contributed by atoms with Crippen molar-refractivity contribution in [3.8, 4) is 0 Å². The van der Waals surface area contributed by atoms with Crippen LogP contribution >= 0.6 is 34.3 Å². The summed E-state index contributed by atoms with van der Waals surface area (Å²) in [5, 5.41) is 6.33. The van der Waals surface area contributed by atoms with Crippen LogP contribution in [0.15, 0.2) is 41.8 Å². The summed E-state index contributed by atoms with van der Waals surface area (Å²) < 4.78 is 1.08. The molecule has 1 N–H and O–H groups in total. The highest BCUT2D eigenvalue weighted by Crippen LogP contribution is 2.38. The van der Waals surface area contributed by atoms with Gasteiger partial charge >= 0.3 is 0 Å². The fourth-order valence-electron chi connectivity index (χ4n) is 1.65. The summed E-state index contributed by atoms with van der Waals surface area (Å²) in [5.41, 5.74) is 0.773. The van der Waals surface area contributed by atoms with Crippen molar-refractivity contribution in [1.29, 1.82) is 0 Å². The maximum absolute atomic E-state index is 12.1. The summed E-state index contributed by atoms with van der Waals surface area (Å²) >= 11 is 9.25. The van der Waals surface area contributed by atoms with Gasteiger partial charge in [-0.05, 0) is 23.6 Å². The third-order valence-electron chi connectivity index (χ3n) is 2.50. The summed E-state index contributed by atoms with van der Waals surface area (Å²) in [5.74, 6) is -0.153. The van der Waals surface area contributed by atoms with Crippen LogP contribution in [0.5, 0.6) is 0 Å². The van der Waals surface area contributed by atoms with Crippen molar-refractivity contribution in [2.24, 2.45) is 0 Å². The molecule has 0 radical (unpaired) electrons. The average molecular weight is 294 g/mol. The Labute approximate surface area is 117 Å². The fourth-order valence-corrected chi connectivity index (χ4v) is 4.17. The third kappa shape index (κ3) is 2.03. The second-order valence-electron chi connectivity index (χ2n) is 3.69. The Hall–Kier alpha value is -1.36. The second kappa shape index (κ2) is 4.72. The summed E-state index contributed by atoms with van der Waals surface area (Å²) in [6.07, 6.45) is 0. The van der Waals surface area contributed by atoms with Gasteiger partial charge in [0.25, 0.3) is 5.91 Å². The third-order valence-corrected chi connectivity index (χ3v) is 5.25. The van der Waals surface area contributed by atoms with E-state index in [1.165, 1.54) is 11.3 Å². The van der Waals surface area contributed by atoms with E-state index in [2.05, 4.69) is 5.32 Å². The first kappa shape index (κ1) is 11.7. The normalized spacial score (nSPS) is 10.7. The number of fused-ring (bicyclic) bond motifs is 1. The minimum absolute atomic E-state index is 0.153. The number of carbonyl (C=O) groups excluding carboxylic acids is 1. The highest BCUT2D eigenvalue weighted by molar-refractivity contribution is 7.38. The number of para-hydroxylation sites is 1. The van der Waals surface area contributed by atoms with Gasteiger partial charge in [-0.3, -0.25) is 4.79 Å². The van der Waals surface area contributed by atoms with Crippen molar-refractivity contribution in [3.05, 3.63) is 51.7 Å². The van der Waals surface area contributed by atoms with Crippen LogP contribution in [-0.2, 0) is 0 Å². The average Bonchev–Trinajstić information content (AvgIpc) is 2.94. The van der Waals surface area contributed by atoms with Crippen molar-refractivity contribution in [3.63, 3.8) is 0 Å². The number of benzene rings is 1. The molecule has 0 saturated heterocycles. The predicted octanol–water partition coefficient (Wildman–Crippen LogP) is 4.87. The van der Waals surface area contributed by atoms with E-state index < -0.39 is 0 Å². The van der Waals surface area contributed by atoms with Gasteiger partial charge in [0.2, 0.25) is 0 Å². The van der Waals surface area contributed by atoms with Gasteiger partial charge in [0.05, 0.1) is 9.04 Å². The molecule has 0 atom stereocenters. The van der Waals surface area contributed by atoms with E-state index in [1.807, 2.05) is 41.8 Å². The molecule has 2 heterocycles. The van der Waals surface area contributed by atoms with Crippen LogP contribution in [0.2, 0.25) is 5.02 Å². The van der Waals surface area contributed by atoms with Crippen LogP contribution in [0.25, 0.3) is 9.40 Å². The van der Waals surface area contributed by atoms with Crippen molar-refractivity contribution < 1.29 is 4.79 Å². The largest absolute Gasteiger partial charge is 0.321 e. The molecule has 3 aromatic rings. The Bertz CT molecular complexity index is 702. The fraction of sp³-hybridized carbons (Fsp3) is 0. The molecular formula is C13H8ClNOS2. The zero-order valence-electron chi connectivity index (χ0n) is 9.14. The maximum Gasteiger partial charge on any atom is 0.267 e. The Balaban J connectivity index is 1.92. The summed E-state index contributed by atoms with van der Waals surface area (Å²) in [7, 11) is 0. The Morgan fingerprint density at radius 3 is 2.67 bits per heavy atom. The standard InChI is InChI=1S/C13H8ClNOS2/c14-10-9-6-7-17-13(9)18-11(10)12(16)15-8-4-2-1-3-5-8/h1-7H,(H,15,16). The molecule has 1 amide bonds. The molecule has 18 heavy (non-hydrogen) atoms. The minimum atomic E-state index is -0.153. The number of amides is 1. The number of anilines is 1. The van der Waals surface area contributed by atoms with Crippen molar-refractivity contribution >= 4 is 55.3 Å². The number of hydrogen-bond acceptors (Lipinski definition) is 3. The van der Waals surface area contributed by atoms with Crippen LogP contribution in [0.1, 0.15) is 9.67 Å². The molecule has 0 fully saturated rings. The number of carbonyl (C=O) groups is 1. The maximum atomic E-state index is 12.1. The Morgan fingerprint density at radius 2 is 1.94 bits per heavy atom. The molecule has 3 rings (SSSR count). The molecule has 2 aromatic heterocycles. The van der Waals surface area contributed by atoms with E-state index in [-0.39, 0.29) is 5.91 Å². The number of thiophene rings is 2. The number of nitrogens with one attached hydrogen (secondary N) is 1. The van der Waals surface area contributed by atoms with Crippen LogP contribution in [0.4, 0.5) is 5.69 Å². The number of halogens is 1. The van der Waals surface area contributed by atoms with E-state index in [1.54, 1.807) is 11.3 Å². The topological polar surface area (TPSA) is 29.1 Å². The van der Waals surface area contributed by atoms with E-state index in [0.29, 0.717) is 9.90 Å². The highest BCUT2D eigenvalue weighted by atomic mass is 35.5. The van der Waals surface area contributed by atoms with Gasteiger partial charge in [0.1, 0.15) is 4.88 Å². The van der Waals surface area contributed by atoms with Crippen LogP contribution in [-0.4, -0.2) is 5.91 Å². The van der Waals surface area contributed by atoms with E-state index in [0.717, 1.165) is 15.1 Å². The molecule has 0 unspecified atom stereocenters. The highest BCUT2D eigenvalue weighted by Gasteiger charge is 2.17. The van der Waals surface area contributed by atoms with Gasteiger partial charge in [-0.1, -0.05) is 29.8 Å². The van der Waals surface area contributed by atoms with E-state index in [9.17, 15) is 4.79 Å². The van der Waals surface area contributed by atoms with Crippen LogP contribution in [0, 0.1) is 0 Å². The lowest BCUT2D eigenvalue weighted by molar-refractivity contribution is 0.103. The first-order chi connectivity index (χ1) is 8.75. The lowest BCUT2D eigenvalue weighted by Gasteiger charge is -2.03. The van der Waals surface area contributed by atoms with Crippen LogP contribution in [0.3, 0.4) is 0 Å². The molecule has 1 aromatic carbocycles. The SMILES string of the molecule is O=C(Nc1ccccc1)c1sc2sccc2c1Cl. The Kier molecular flexibility index (Phi) is 3.07. The van der Waals surface area contributed by atoms with E-state index in [4.69, 9.17) is 11.6 Å². The molecular weight excluding hydrogens is 286 g/mol. The van der Waals surface area contributed by atoms with Gasteiger partial charge < -0.3 is 5.32 Å². The molecule has 2 nitrogen and oxygen atoms in total. The van der Waals surface area contributed by atoms with Crippen molar-refractivity contribution in [2.45, 2.75) is 0 Å². The smallest absolute Gasteiger partial charge is 0.267 e. The van der Waals surface area contributed by atoms with Crippen LogP contribution < -0.4 is 5.32 Å². The lowest BCUT2D eigenvalue weighted by Crippen LogP contribution is -2.10. The van der Waals surface area contributed by atoms with Crippen molar-refractivity contribution in [1.82, 2.24) is 0 Å². The summed E-state index contributed by atoms with van der Waals surface area (Å²) in [6.45, 7) is 0. The van der Waals surface area contributed by atoms with Gasteiger partial charge in [-0.2, -0.15) is 0 Å². The monoisotopic (exact) mass is 293 g/mol. The first-order valence-electron chi connectivity index (χ1n) is 5.27. The molecule has 0 bridgehead atoms. The number of rotatable bonds is 2. The minimum Gasteiger partial charge on any atom is -0.321 e. The lowest BCUT2D eigenvalue weighted by atomic mass is 10.3. The molecule has 0 spiro atoms. The zero-order valence-corrected chi connectivity index (χ0v) is 11.5. The first-order valence-corrected chi connectivity index (χ1v) is 7.35. The van der Waals surface area contributed by atoms with Gasteiger partial charge in [0.15, 0.2) is 0 Å². The van der Waals surface area contributed by atoms with E-state index >= 15 is 0 Å². The molecule has 0 saturated carbocycles. The zero-order chi connectivity index (χ0) is 12.5. The Morgan fingerprint density at radius 1 is 1.17 bits per heavy atom. The second-order valence-corrected chi connectivity index (χ2v) is 6.26. The van der Waals surface area contributed by atoms with Gasteiger partial charge in [-0.15, -0.1) is 22.7 Å². The molecule has 0 aliphatic heterocycles. The molecule has 0 aliphatic carbocycles. The summed E-state index contributed by atoms with van der Waals surface area (Å²) in [4.78, 5) is 12.7. The quantitative estimate of drug-likeness (QED) is 0.717. The van der Waals surface area contributed by atoms with Gasteiger partial charge in [-0.25, -0.2) is 0 Å². The molecule has 0 aliphatic rings. The molecule has 90 valence electrons. The predicted molar refractivity (Wildman–Crippen MR) is 79.1 cm³/mol. The number of hydrogen-bond donors (Lipinski definition) is 1. The van der Waals surface area contributed by atoms with Gasteiger partial charge in [0, 0.05) is 11.1 Å². The van der Waals surface area contributed by atoms with Crippen molar-refractivity contribution in [2.75, 3.05) is 5.32 Å². The summed E-state index contributed by atoms with van der Waals surface area (Å²) in [6, 6.07) is 11.3. The molecule has 5 heteroatoms.